The number of nitrogens with zero attached hydrogens (tertiary/aromatic N) is 1. The predicted molar refractivity (Wildman–Crippen MR) is 87.5 cm³/mol. The second-order valence-electron chi connectivity index (χ2n) is 4.86. The first-order valence-electron chi connectivity index (χ1n) is 7.00. The fourth-order valence-corrected chi connectivity index (χ4v) is 3.73. The number of aryl methyl sites for hydroxylation is 2. The number of hydrogen-bond acceptors (Lipinski definition) is 3. The lowest BCUT2D eigenvalue weighted by Gasteiger charge is -2.07. The van der Waals surface area contributed by atoms with Crippen LogP contribution in [0.25, 0.3) is 11.1 Å². The maximum Gasteiger partial charge on any atom is 0.419 e. The van der Waals surface area contributed by atoms with E-state index in [1.54, 1.807) is 15.9 Å². The molecule has 2 aromatic heterocycles. The Morgan fingerprint density at radius 2 is 2.10 bits per heavy atom. The standard InChI is InChI=1S/C16H16ClNO2S/c1-3-11-6-8-14(21-11)15(17)10-5-7-12-13(9-10)20-16(19)18(12)4-2/h5-9,15H,3-4H2,1-2H3. The molecule has 3 aromatic rings. The fourth-order valence-electron chi connectivity index (χ4n) is 2.43. The summed E-state index contributed by atoms with van der Waals surface area (Å²) in [5.74, 6) is -0.319. The van der Waals surface area contributed by atoms with E-state index in [0.29, 0.717) is 12.1 Å². The first kappa shape index (κ1) is 14.4. The molecular weight excluding hydrogens is 306 g/mol. The fraction of sp³-hybridized carbons (Fsp3) is 0.312. The molecule has 0 aliphatic heterocycles. The Kier molecular flexibility index (Phi) is 3.91. The van der Waals surface area contributed by atoms with Crippen molar-refractivity contribution in [2.45, 2.75) is 32.2 Å². The zero-order chi connectivity index (χ0) is 15.0. The Labute approximate surface area is 131 Å². The van der Waals surface area contributed by atoms with E-state index in [-0.39, 0.29) is 11.1 Å². The third-order valence-corrected chi connectivity index (χ3v) is 5.49. The van der Waals surface area contributed by atoms with Crippen LogP contribution in [0, 0.1) is 0 Å². The van der Waals surface area contributed by atoms with Gasteiger partial charge in [-0.3, -0.25) is 4.57 Å². The summed E-state index contributed by atoms with van der Waals surface area (Å²) in [5.41, 5.74) is 2.36. The molecule has 0 aliphatic rings. The number of hydrogen-bond donors (Lipinski definition) is 0. The van der Waals surface area contributed by atoms with Crippen molar-refractivity contribution in [1.29, 1.82) is 0 Å². The lowest BCUT2D eigenvalue weighted by molar-refractivity contribution is 0.513. The highest BCUT2D eigenvalue weighted by atomic mass is 35.5. The van der Waals surface area contributed by atoms with Gasteiger partial charge in [-0.15, -0.1) is 22.9 Å². The van der Waals surface area contributed by atoms with Gasteiger partial charge in [0.15, 0.2) is 5.58 Å². The Morgan fingerprint density at radius 1 is 1.29 bits per heavy atom. The molecule has 1 atom stereocenters. The third kappa shape index (κ3) is 2.54. The molecule has 0 bridgehead atoms. The van der Waals surface area contributed by atoms with Gasteiger partial charge in [-0.05, 0) is 43.2 Å². The minimum absolute atomic E-state index is 0.213. The van der Waals surface area contributed by atoms with Gasteiger partial charge in [-0.25, -0.2) is 4.79 Å². The number of oxazole rings is 1. The number of benzene rings is 1. The second-order valence-corrected chi connectivity index (χ2v) is 6.50. The molecule has 110 valence electrons. The van der Waals surface area contributed by atoms with E-state index in [1.165, 1.54) is 4.88 Å². The molecule has 21 heavy (non-hydrogen) atoms. The number of fused-ring (bicyclic) bond motifs is 1. The van der Waals surface area contributed by atoms with Crippen LogP contribution in [0.1, 0.15) is 34.5 Å². The lowest BCUT2D eigenvalue weighted by Crippen LogP contribution is -2.11. The average molecular weight is 322 g/mol. The average Bonchev–Trinajstić information content (AvgIpc) is 3.08. The molecule has 0 radical (unpaired) electrons. The summed E-state index contributed by atoms with van der Waals surface area (Å²) in [5, 5.41) is -0.213. The molecule has 2 heterocycles. The minimum atomic E-state index is -0.319. The topological polar surface area (TPSA) is 35.1 Å². The summed E-state index contributed by atoms with van der Waals surface area (Å²) in [6.07, 6.45) is 1.02. The molecule has 3 rings (SSSR count). The Balaban J connectivity index is 2.02. The highest BCUT2D eigenvalue weighted by molar-refractivity contribution is 7.12. The van der Waals surface area contributed by atoms with Crippen molar-refractivity contribution in [3.05, 3.63) is 56.2 Å². The van der Waals surface area contributed by atoms with E-state index in [1.807, 2.05) is 25.1 Å². The highest BCUT2D eigenvalue weighted by Crippen LogP contribution is 2.35. The number of alkyl halides is 1. The molecule has 0 N–H and O–H groups in total. The van der Waals surface area contributed by atoms with Crippen molar-refractivity contribution in [2.24, 2.45) is 0 Å². The van der Waals surface area contributed by atoms with Crippen LogP contribution in [-0.4, -0.2) is 4.57 Å². The van der Waals surface area contributed by atoms with E-state index < -0.39 is 0 Å². The van der Waals surface area contributed by atoms with Crippen molar-refractivity contribution in [2.75, 3.05) is 0 Å². The monoisotopic (exact) mass is 321 g/mol. The van der Waals surface area contributed by atoms with Gasteiger partial charge in [0.05, 0.1) is 10.9 Å². The van der Waals surface area contributed by atoms with Gasteiger partial charge >= 0.3 is 5.76 Å². The molecule has 0 aliphatic carbocycles. The van der Waals surface area contributed by atoms with Gasteiger partial charge in [-0.1, -0.05) is 13.0 Å². The summed E-state index contributed by atoms with van der Waals surface area (Å²) < 4.78 is 6.91. The van der Waals surface area contributed by atoms with E-state index in [2.05, 4.69) is 19.1 Å². The predicted octanol–water partition coefficient (Wildman–Crippen LogP) is 4.57. The Hall–Kier alpha value is -1.52. The normalized spacial score (nSPS) is 12.9. The van der Waals surface area contributed by atoms with Crippen LogP contribution in [0.15, 0.2) is 39.5 Å². The summed E-state index contributed by atoms with van der Waals surface area (Å²) in [6.45, 7) is 4.65. The van der Waals surface area contributed by atoms with Gasteiger partial charge in [0.25, 0.3) is 0 Å². The first-order chi connectivity index (χ1) is 10.1. The van der Waals surface area contributed by atoms with Crippen LogP contribution in [0.2, 0.25) is 0 Å². The third-order valence-electron chi connectivity index (χ3n) is 3.58. The molecule has 0 spiro atoms. The van der Waals surface area contributed by atoms with Crippen LogP contribution >= 0.6 is 22.9 Å². The maximum absolute atomic E-state index is 11.7. The van der Waals surface area contributed by atoms with Crippen molar-refractivity contribution in [3.63, 3.8) is 0 Å². The van der Waals surface area contributed by atoms with Crippen molar-refractivity contribution >= 4 is 34.0 Å². The van der Waals surface area contributed by atoms with Crippen molar-refractivity contribution < 1.29 is 4.42 Å². The van der Waals surface area contributed by atoms with Crippen LogP contribution < -0.4 is 5.76 Å². The molecule has 1 aromatic carbocycles. The molecule has 0 saturated heterocycles. The van der Waals surface area contributed by atoms with Gasteiger partial charge in [0.1, 0.15) is 0 Å². The Bertz CT molecular complexity index is 830. The quantitative estimate of drug-likeness (QED) is 0.660. The molecule has 0 fully saturated rings. The number of halogens is 1. The minimum Gasteiger partial charge on any atom is -0.408 e. The van der Waals surface area contributed by atoms with Gasteiger partial charge < -0.3 is 4.42 Å². The zero-order valence-electron chi connectivity index (χ0n) is 11.9. The van der Waals surface area contributed by atoms with Crippen LogP contribution in [0.3, 0.4) is 0 Å². The lowest BCUT2D eigenvalue weighted by atomic mass is 10.1. The van der Waals surface area contributed by atoms with Crippen molar-refractivity contribution in [3.8, 4) is 0 Å². The zero-order valence-corrected chi connectivity index (χ0v) is 13.5. The number of thiophene rings is 1. The number of rotatable bonds is 4. The summed E-state index contributed by atoms with van der Waals surface area (Å²) in [7, 11) is 0. The van der Waals surface area contributed by atoms with Crippen LogP contribution in [0.5, 0.6) is 0 Å². The molecular formula is C16H16ClNO2S. The molecule has 5 heteroatoms. The van der Waals surface area contributed by atoms with E-state index in [9.17, 15) is 4.79 Å². The molecule has 0 saturated carbocycles. The van der Waals surface area contributed by atoms with E-state index in [4.69, 9.17) is 16.0 Å². The van der Waals surface area contributed by atoms with Gasteiger partial charge in [0.2, 0.25) is 0 Å². The summed E-state index contributed by atoms with van der Waals surface area (Å²) in [6, 6.07) is 9.92. The van der Waals surface area contributed by atoms with E-state index >= 15 is 0 Å². The van der Waals surface area contributed by atoms with Crippen LogP contribution in [0.4, 0.5) is 0 Å². The smallest absolute Gasteiger partial charge is 0.408 e. The van der Waals surface area contributed by atoms with Crippen LogP contribution in [-0.2, 0) is 13.0 Å². The molecule has 1 unspecified atom stereocenters. The maximum atomic E-state index is 11.7. The van der Waals surface area contributed by atoms with Gasteiger partial charge in [-0.2, -0.15) is 0 Å². The first-order valence-corrected chi connectivity index (χ1v) is 8.25. The highest BCUT2D eigenvalue weighted by Gasteiger charge is 2.16. The molecule has 0 amide bonds. The second kappa shape index (κ2) is 5.70. The summed E-state index contributed by atoms with van der Waals surface area (Å²) >= 11 is 8.29. The summed E-state index contributed by atoms with van der Waals surface area (Å²) in [4.78, 5) is 14.2. The number of aromatic nitrogens is 1. The van der Waals surface area contributed by atoms with Gasteiger partial charge in [0, 0.05) is 16.3 Å². The van der Waals surface area contributed by atoms with E-state index in [0.717, 1.165) is 22.4 Å². The SMILES string of the molecule is CCc1ccc(C(Cl)c2ccc3c(c2)oc(=O)n3CC)s1. The largest absolute Gasteiger partial charge is 0.419 e. The Morgan fingerprint density at radius 3 is 2.76 bits per heavy atom. The van der Waals surface area contributed by atoms with Crippen molar-refractivity contribution in [1.82, 2.24) is 4.57 Å². The molecule has 3 nitrogen and oxygen atoms in total.